The molecule has 3 aromatic rings. The van der Waals surface area contributed by atoms with Crippen LogP contribution in [0.15, 0.2) is 61.1 Å². The fourth-order valence-electron chi connectivity index (χ4n) is 2.30. The van der Waals surface area contributed by atoms with Gasteiger partial charge in [-0.2, -0.15) is 5.10 Å². The van der Waals surface area contributed by atoms with Crippen molar-refractivity contribution in [3.8, 4) is 11.6 Å². The zero-order valence-corrected chi connectivity index (χ0v) is 14.7. The van der Waals surface area contributed by atoms with Crippen LogP contribution in [0.2, 0.25) is 0 Å². The first kappa shape index (κ1) is 16.9. The predicted molar refractivity (Wildman–Crippen MR) is 98.8 cm³/mol. The van der Waals surface area contributed by atoms with Gasteiger partial charge in [-0.1, -0.05) is 26.8 Å². The lowest BCUT2D eigenvalue weighted by Crippen LogP contribution is -2.12. The minimum Gasteiger partial charge on any atom is -0.438 e. The molecule has 0 saturated carbocycles. The number of ether oxygens (including phenoxy) is 1. The van der Waals surface area contributed by atoms with Crippen molar-refractivity contribution in [1.29, 1.82) is 0 Å². The summed E-state index contributed by atoms with van der Waals surface area (Å²) < 4.78 is 5.64. The molecule has 2 aromatic heterocycles. The second-order valence-electron chi connectivity index (χ2n) is 6.87. The van der Waals surface area contributed by atoms with Crippen molar-refractivity contribution in [2.45, 2.75) is 32.7 Å². The van der Waals surface area contributed by atoms with Crippen molar-refractivity contribution in [1.82, 2.24) is 15.2 Å². The van der Waals surface area contributed by atoms with Crippen LogP contribution in [0.25, 0.3) is 0 Å². The van der Waals surface area contributed by atoms with Crippen LogP contribution in [0.4, 0.5) is 5.69 Å². The molecule has 0 bridgehead atoms. The van der Waals surface area contributed by atoms with Crippen LogP contribution >= 0.6 is 0 Å². The molecular weight excluding hydrogens is 312 g/mol. The average Bonchev–Trinajstić information content (AvgIpc) is 2.62. The van der Waals surface area contributed by atoms with Crippen LogP contribution in [0.3, 0.4) is 0 Å². The molecule has 3 rings (SSSR count). The summed E-state index contributed by atoms with van der Waals surface area (Å²) in [7, 11) is 0. The zero-order chi connectivity index (χ0) is 17.7. The van der Waals surface area contributed by atoms with Crippen LogP contribution in [0.1, 0.15) is 31.9 Å². The van der Waals surface area contributed by atoms with Gasteiger partial charge in [0.15, 0.2) is 0 Å². The Morgan fingerprint density at radius 1 is 1.04 bits per heavy atom. The van der Waals surface area contributed by atoms with Gasteiger partial charge in [-0.15, -0.1) is 5.10 Å². The quantitative estimate of drug-likeness (QED) is 0.740. The Kier molecular flexibility index (Phi) is 4.93. The molecule has 0 saturated heterocycles. The van der Waals surface area contributed by atoms with Crippen molar-refractivity contribution in [3.63, 3.8) is 0 Å². The first-order chi connectivity index (χ1) is 12.0. The second-order valence-corrected chi connectivity index (χ2v) is 6.87. The molecule has 0 aliphatic carbocycles. The lowest BCUT2D eigenvalue weighted by Gasteiger charge is -2.19. The molecule has 0 fully saturated rings. The van der Waals surface area contributed by atoms with Gasteiger partial charge in [0, 0.05) is 36.9 Å². The molecule has 1 N–H and O–H groups in total. The van der Waals surface area contributed by atoms with Gasteiger partial charge in [0.2, 0.25) is 5.88 Å². The Morgan fingerprint density at radius 3 is 2.52 bits per heavy atom. The number of pyridine rings is 1. The van der Waals surface area contributed by atoms with E-state index in [9.17, 15) is 0 Å². The third-order valence-electron chi connectivity index (χ3n) is 3.78. The summed E-state index contributed by atoms with van der Waals surface area (Å²) in [6.45, 7) is 7.30. The number of hydrogen-bond donors (Lipinski definition) is 1. The van der Waals surface area contributed by atoms with Gasteiger partial charge in [0.1, 0.15) is 5.75 Å². The Balaban J connectivity index is 1.61. The maximum absolute atomic E-state index is 5.64. The standard InChI is InChI=1S/C20H22N4O/c1-20(2,3)16-11-15(12-21-14-16)13-22-17-6-8-18(9-7-17)25-19-5-4-10-23-24-19/h4-12,14,22H,13H2,1-3H3. The lowest BCUT2D eigenvalue weighted by molar-refractivity contribution is 0.455. The van der Waals surface area contributed by atoms with Gasteiger partial charge in [-0.05, 0) is 46.9 Å². The zero-order valence-electron chi connectivity index (χ0n) is 14.7. The minimum absolute atomic E-state index is 0.0995. The molecule has 5 heteroatoms. The van der Waals surface area contributed by atoms with E-state index in [-0.39, 0.29) is 5.41 Å². The number of anilines is 1. The fourth-order valence-corrected chi connectivity index (χ4v) is 2.30. The Hall–Kier alpha value is -2.95. The van der Waals surface area contributed by atoms with Crippen molar-refractivity contribution >= 4 is 5.69 Å². The van der Waals surface area contributed by atoms with Gasteiger partial charge in [-0.25, -0.2) is 0 Å². The third kappa shape index (κ3) is 4.76. The normalized spacial score (nSPS) is 11.2. The summed E-state index contributed by atoms with van der Waals surface area (Å²) in [5.41, 5.74) is 3.52. The van der Waals surface area contributed by atoms with Crippen molar-refractivity contribution in [2.24, 2.45) is 0 Å². The number of rotatable bonds is 5. The predicted octanol–water partition coefficient (Wildman–Crippen LogP) is 4.57. The van der Waals surface area contributed by atoms with E-state index in [0.29, 0.717) is 5.88 Å². The highest BCUT2D eigenvalue weighted by atomic mass is 16.5. The van der Waals surface area contributed by atoms with Gasteiger partial charge >= 0.3 is 0 Å². The van der Waals surface area contributed by atoms with Crippen LogP contribution < -0.4 is 10.1 Å². The van der Waals surface area contributed by atoms with Crippen LogP contribution in [-0.2, 0) is 12.0 Å². The lowest BCUT2D eigenvalue weighted by atomic mass is 9.88. The molecule has 0 aliphatic rings. The van der Waals surface area contributed by atoms with Crippen LogP contribution in [0.5, 0.6) is 11.6 Å². The fraction of sp³-hybridized carbons (Fsp3) is 0.250. The number of nitrogens with one attached hydrogen (secondary N) is 1. The second kappa shape index (κ2) is 7.30. The van der Waals surface area contributed by atoms with Crippen LogP contribution in [0, 0.1) is 0 Å². The van der Waals surface area contributed by atoms with E-state index < -0.39 is 0 Å². The smallest absolute Gasteiger partial charge is 0.238 e. The molecule has 25 heavy (non-hydrogen) atoms. The molecule has 0 amide bonds. The molecular formula is C20H22N4O. The molecule has 0 atom stereocenters. The molecule has 0 unspecified atom stereocenters. The number of aromatic nitrogens is 3. The van der Waals surface area contributed by atoms with E-state index in [0.717, 1.165) is 23.5 Å². The Bertz CT molecular complexity index is 811. The van der Waals surface area contributed by atoms with E-state index in [1.54, 1.807) is 18.3 Å². The monoisotopic (exact) mass is 334 g/mol. The summed E-state index contributed by atoms with van der Waals surface area (Å²) in [5, 5.41) is 11.1. The molecule has 2 heterocycles. The van der Waals surface area contributed by atoms with Crippen LogP contribution in [-0.4, -0.2) is 15.2 Å². The summed E-state index contributed by atoms with van der Waals surface area (Å²) in [6.07, 6.45) is 5.44. The number of hydrogen-bond acceptors (Lipinski definition) is 5. The summed E-state index contributed by atoms with van der Waals surface area (Å²) in [6, 6.07) is 13.5. The first-order valence-electron chi connectivity index (χ1n) is 8.24. The van der Waals surface area contributed by atoms with E-state index in [2.05, 4.69) is 47.3 Å². The summed E-state index contributed by atoms with van der Waals surface area (Å²) >= 11 is 0. The van der Waals surface area contributed by atoms with E-state index >= 15 is 0 Å². The molecule has 0 radical (unpaired) electrons. The van der Waals surface area contributed by atoms with E-state index in [4.69, 9.17) is 4.74 Å². The average molecular weight is 334 g/mol. The van der Waals surface area contributed by atoms with Gasteiger partial charge in [0.25, 0.3) is 0 Å². The number of benzene rings is 1. The number of nitrogens with zero attached hydrogens (tertiary/aromatic N) is 3. The summed E-state index contributed by atoms with van der Waals surface area (Å²) in [4.78, 5) is 4.35. The minimum atomic E-state index is 0.0995. The topological polar surface area (TPSA) is 59.9 Å². The maximum atomic E-state index is 5.64. The molecule has 128 valence electrons. The summed E-state index contributed by atoms with van der Waals surface area (Å²) in [5.74, 6) is 1.20. The SMILES string of the molecule is CC(C)(C)c1cncc(CNc2ccc(Oc3cccnn3)cc2)c1. The van der Waals surface area contributed by atoms with Gasteiger partial charge < -0.3 is 10.1 Å². The molecule has 1 aromatic carbocycles. The van der Waals surface area contributed by atoms with Gasteiger partial charge in [0.05, 0.1) is 0 Å². The van der Waals surface area contributed by atoms with E-state index in [1.807, 2.05) is 36.7 Å². The van der Waals surface area contributed by atoms with Crippen molar-refractivity contribution < 1.29 is 4.74 Å². The molecule has 0 spiro atoms. The molecule has 0 aliphatic heterocycles. The first-order valence-corrected chi connectivity index (χ1v) is 8.24. The van der Waals surface area contributed by atoms with Crippen molar-refractivity contribution in [2.75, 3.05) is 5.32 Å². The third-order valence-corrected chi connectivity index (χ3v) is 3.78. The largest absolute Gasteiger partial charge is 0.438 e. The highest BCUT2D eigenvalue weighted by Gasteiger charge is 2.14. The van der Waals surface area contributed by atoms with E-state index in [1.165, 1.54) is 5.56 Å². The highest BCUT2D eigenvalue weighted by molar-refractivity contribution is 5.47. The maximum Gasteiger partial charge on any atom is 0.238 e. The van der Waals surface area contributed by atoms with Gasteiger partial charge in [-0.3, -0.25) is 4.98 Å². The van der Waals surface area contributed by atoms with Crippen molar-refractivity contribution in [3.05, 3.63) is 72.2 Å². The molecule has 5 nitrogen and oxygen atoms in total. The Morgan fingerprint density at radius 2 is 1.84 bits per heavy atom. The highest BCUT2D eigenvalue weighted by Crippen LogP contribution is 2.23. The Labute approximate surface area is 148 Å².